The van der Waals surface area contributed by atoms with Gasteiger partial charge in [-0.15, -0.1) is 11.3 Å². The standard InChI is InChI=1S/C19H21ClN2O4S/c1-19(2,3)18(25)22-9-12-5-7-16(27-12)15(23)10-26-17(24)13-6-4-11(20)8-14(13)21/h4-8H,9-10,21H2,1-3H3,(H,22,25). The van der Waals surface area contributed by atoms with Crippen LogP contribution >= 0.6 is 22.9 Å². The van der Waals surface area contributed by atoms with E-state index in [-0.39, 0.29) is 22.9 Å². The number of nitrogen functional groups attached to an aromatic ring is 1. The molecule has 0 saturated carbocycles. The number of hydrogen-bond acceptors (Lipinski definition) is 6. The van der Waals surface area contributed by atoms with Crippen molar-refractivity contribution >= 4 is 46.3 Å². The van der Waals surface area contributed by atoms with E-state index in [9.17, 15) is 14.4 Å². The lowest BCUT2D eigenvalue weighted by atomic mass is 9.96. The number of thiophene rings is 1. The Balaban J connectivity index is 1.90. The number of halogens is 1. The van der Waals surface area contributed by atoms with Gasteiger partial charge in [-0.3, -0.25) is 9.59 Å². The Morgan fingerprint density at radius 1 is 1.19 bits per heavy atom. The molecule has 1 amide bonds. The molecule has 27 heavy (non-hydrogen) atoms. The number of benzene rings is 1. The molecule has 0 unspecified atom stereocenters. The number of amides is 1. The fourth-order valence-electron chi connectivity index (χ4n) is 2.05. The molecule has 0 saturated heterocycles. The van der Waals surface area contributed by atoms with Gasteiger partial charge in [-0.1, -0.05) is 32.4 Å². The maximum Gasteiger partial charge on any atom is 0.340 e. The summed E-state index contributed by atoms with van der Waals surface area (Å²) in [5.74, 6) is -1.08. The van der Waals surface area contributed by atoms with E-state index in [4.69, 9.17) is 22.1 Å². The Labute approximate surface area is 166 Å². The average molecular weight is 409 g/mol. The zero-order chi connectivity index (χ0) is 20.2. The van der Waals surface area contributed by atoms with Crippen molar-refractivity contribution in [1.82, 2.24) is 5.32 Å². The van der Waals surface area contributed by atoms with Crippen LogP contribution in [0.2, 0.25) is 5.02 Å². The molecular weight excluding hydrogens is 388 g/mol. The molecule has 1 aromatic carbocycles. The van der Waals surface area contributed by atoms with Crippen LogP contribution < -0.4 is 11.1 Å². The number of Topliss-reactive ketones (excluding diaryl/α,β-unsaturated/α-hetero) is 1. The number of anilines is 1. The Kier molecular flexibility index (Phi) is 6.62. The fraction of sp³-hybridized carbons (Fsp3) is 0.316. The molecule has 1 heterocycles. The summed E-state index contributed by atoms with van der Waals surface area (Å²) in [6.45, 7) is 5.43. The summed E-state index contributed by atoms with van der Waals surface area (Å²) in [5, 5.41) is 3.23. The van der Waals surface area contributed by atoms with Crippen molar-refractivity contribution in [3.63, 3.8) is 0 Å². The summed E-state index contributed by atoms with van der Waals surface area (Å²) in [4.78, 5) is 37.4. The monoisotopic (exact) mass is 408 g/mol. The van der Waals surface area contributed by atoms with Gasteiger partial charge in [-0.25, -0.2) is 4.79 Å². The minimum atomic E-state index is -0.688. The number of hydrogen-bond donors (Lipinski definition) is 2. The molecule has 0 aliphatic carbocycles. The van der Waals surface area contributed by atoms with Gasteiger partial charge in [0.05, 0.1) is 17.0 Å². The quantitative estimate of drug-likeness (QED) is 0.431. The number of ketones is 1. The molecule has 3 N–H and O–H groups in total. The molecule has 1 aromatic heterocycles. The Hall–Kier alpha value is -2.38. The van der Waals surface area contributed by atoms with Crippen LogP contribution in [0.25, 0.3) is 0 Å². The number of carbonyl (C=O) groups is 3. The highest BCUT2D eigenvalue weighted by Gasteiger charge is 2.21. The summed E-state index contributed by atoms with van der Waals surface area (Å²) in [6, 6.07) is 7.83. The molecule has 144 valence electrons. The lowest BCUT2D eigenvalue weighted by Gasteiger charge is -2.17. The van der Waals surface area contributed by atoms with E-state index in [1.165, 1.54) is 29.5 Å². The van der Waals surface area contributed by atoms with E-state index >= 15 is 0 Å². The summed E-state index contributed by atoms with van der Waals surface area (Å²) in [5.41, 5.74) is 5.59. The first-order valence-electron chi connectivity index (χ1n) is 8.20. The van der Waals surface area contributed by atoms with E-state index < -0.39 is 18.0 Å². The number of esters is 1. The van der Waals surface area contributed by atoms with E-state index in [0.29, 0.717) is 16.4 Å². The highest BCUT2D eigenvalue weighted by molar-refractivity contribution is 7.14. The van der Waals surface area contributed by atoms with Gasteiger partial charge in [0.2, 0.25) is 11.7 Å². The summed E-state index contributed by atoms with van der Waals surface area (Å²) in [7, 11) is 0. The van der Waals surface area contributed by atoms with Crippen LogP contribution in [0, 0.1) is 5.41 Å². The molecule has 6 nitrogen and oxygen atoms in total. The van der Waals surface area contributed by atoms with Gasteiger partial charge in [0.15, 0.2) is 6.61 Å². The van der Waals surface area contributed by atoms with Crippen molar-refractivity contribution in [3.8, 4) is 0 Å². The molecule has 0 radical (unpaired) electrons. The van der Waals surface area contributed by atoms with Gasteiger partial charge < -0.3 is 15.8 Å². The van der Waals surface area contributed by atoms with Crippen molar-refractivity contribution in [2.75, 3.05) is 12.3 Å². The minimum absolute atomic E-state index is 0.0711. The summed E-state index contributed by atoms with van der Waals surface area (Å²) < 4.78 is 5.04. The van der Waals surface area contributed by atoms with Gasteiger partial charge in [0.25, 0.3) is 0 Å². The second-order valence-electron chi connectivity index (χ2n) is 6.93. The van der Waals surface area contributed by atoms with E-state index in [2.05, 4.69) is 5.32 Å². The third-order valence-corrected chi connectivity index (χ3v) is 4.97. The van der Waals surface area contributed by atoms with Crippen molar-refractivity contribution in [3.05, 3.63) is 50.7 Å². The van der Waals surface area contributed by atoms with Crippen LogP contribution in [0.1, 0.15) is 45.7 Å². The van der Waals surface area contributed by atoms with Gasteiger partial charge in [0, 0.05) is 21.0 Å². The maximum atomic E-state index is 12.2. The molecular formula is C19H21ClN2O4S. The predicted molar refractivity (Wildman–Crippen MR) is 106 cm³/mol. The molecule has 2 aromatic rings. The number of rotatable bonds is 6. The predicted octanol–water partition coefficient (Wildman–Crippen LogP) is 3.69. The number of ether oxygens (including phenoxy) is 1. The van der Waals surface area contributed by atoms with E-state index in [0.717, 1.165) is 4.88 Å². The zero-order valence-electron chi connectivity index (χ0n) is 15.3. The topological polar surface area (TPSA) is 98.5 Å². The van der Waals surface area contributed by atoms with Crippen molar-refractivity contribution in [2.45, 2.75) is 27.3 Å². The van der Waals surface area contributed by atoms with Crippen molar-refractivity contribution < 1.29 is 19.1 Å². The fourth-order valence-corrected chi connectivity index (χ4v) is 3.11. The normalized spacial score (nSPS) is 11.1. The van der Waals surface area contributed by atoms with Gasteiger partial charge in [0.1, 0.15) is 0 Å². The van der Waals surface area contributed by atoms with Crippen LogP contribution in [0.3, 0.4) is 0 Å². The molecule has 0 atom stereocenters. The Morgan fingerprint density at radius 2 is 1.89 bits per heavy atom. The van der Waals surface area contributed by atoms with Crippen LogP contribution in [0.5, 0.6) is 0 Å². The second-order valence-corrected chi connectivity index (χ2v) is 8.53. The molecule has 0 aliphatic heterocycles. The summed E-state index contributed by atoms with van der Waals surface area (Å²) >= 11 is 7.04. The highest BCUT2D eigenvalue weighted by Crippen LogP contribution is 2.21. The van der Waals surface area contributed by atoms with Crippen molar-refractivity contribution in [2.24, 2.45) is 5.41 Å². The van der Waals surface area contributed by atoms with Crippen LogP contribution in [-0.2, 0) is 16.1 Å². The van der Waals surface area contributed by atoms with E-state index in [1.807, 2.05) is 20.8 Å². The number of carbonyl (C=O) groups excluding carboxylic acids is 3. The minimum Gasteiger partial charge on any atom is -0.454 e. The zero-order valence-corrected chi connectivity index (χ0v) is 16.9. The molecule has 0 fully saturated rings. The van der Waals surface area contributed by atoms with Crippen LogP contribution in [-0.4, -0.2) is 24.3 Å². The molecule has 8 heteroatoms. The van der Waals surface area contributed by atoms with E-state index in [1.54, 1.807) is 12.1 Å². The summed E-state index contributed by atoms with van der Waals surface area (Å²) in [6.07, 6.45) is 0. The van der Waals surface area contributed by atoms with Gasteiger partial charge >= 0.3 is 5.97 Å². The van der Waals surface area contributed by atoms with Crippen LogP contribution in [0.15, 0.2) is 30.3 Å². The third kappa shape index (κ3) is 5.80. The third-order valence-electron chi connectivity index (χ3n) is 3.61. The highest BCUT2D eigenvalue weighted by atomic mass is 35.5. The number of nitrogens with two attached hydrogens (primary N) is 1. The van der Waals surface area contributed by atoms with Crippen LogP contribution in [0.4, 0.5) is 5.69 Å². The maximum absolute atomic E-state index is 12.2. The first-order valence-corrected chi connectivity index (χ1v) is 9.39. The van der Waals surface area contributed by atoms with Gasteiger partial charge in [-0.05, 0) is 30.3 Å². The molecule has 0 spiro atoms. The average Bonchev–Trinajstić information content (AvgIpc) is 3.05. The lowest BCUT2D eigenvalue weighted by Crippen LogP contribution is -2.34. The molecule has 0 aliphatic rings. The first kappa shape index (κ1) is 20.9. The largest absolute Gasteiger partial charge is 0.454 e. The SMILES string of the molecule is CC(C)(C)C(=O)NCc1ccc(C(=O)COC(=O)c2ccc(Cl)cc2N)s1. The Bertz CT molecular complexity index is 871. The molecule has 0 bridgehead atoms. The molecule has 2 rings (SSSR count). The first-order chi connectivity index (χ1) is 12.6. The van der Waals surface area contributed by atoms with Crippen molar-refractivity contribution in [1.29, 1.82) is 0 Å². The smallest absolute Gasteiger partial charge is 0.340 e. The second kappa shape index (κ2) is 8.54. The van der Waals surface area contributed by atoms with Gasteiger partial charge in [-0.2, -0.15) is 0 Å². The Morgan fingerprint density at radius 3 is 2.52 bits per heavy atom. The number of nitrogens with one attached hydrogen (secondary N) is 1. The lowest BCUT2D eigenvalue weighted by molar-refractivity contribution is -0.128.